The van der Waals surface area contributed by atoms with Gasteiger partial charge < -0.3 is 14.2 Å². The molecule has 0 aliphatic carbocycles. The minimum absolute atomic E-state index is 0.120. The Bertz CT molecular complexity index is 356. The number of benzene rings is 1. The molecule has 0 aromatic heterocycles. The van der Waals surface area contributed by atoms with Gasteiger partial charge in [0.1, 0.15) is 0 Å². The van der Waals surface area contributed by atoms with Crippen LogP contribution in [0.25, 0.3) is 0 Å². The van der Waals surface area contributed by atoms with Crippen LogP contribution in [0.4, 0.5) is 0 Å². The summed E-state index contributed by atoms with van der Waals surface area (Å²) in [5.74, 6) is 1.56. The molecule has 3 heteroatoms. The first kappa shape index (κ1) is 12.2. The van der Waals surface area contributed by atoms with Gasteiger partial charge in [0.25, 0.3) is 0 Å². The van der Waals surface area contributed by atoms with E-state index in [1.807, 2.05) is 12.1 Å². The Kier molecular flexibility index (Phi) is 4.26. The second-order valence-corrected chi connectivity index (χ2v) is 4.25. The number of hydrogen-bond donors (Lipinski definition) is 0. The number of methoxy groups -OCH3 is 1. The monoisotopic (exact) mass is 236 g/mol. The van der Waals surface area contributed by atoms with Gasteiger partial charge >= 0.3 is 0 Å². The van der Waals surface area contributed by atoms with Crippen LogP contribution >= 0.6 is 0 Å². The zero-order chi connectivity index (χ0) is 12.1. The molecule has 0 saturated carbocycles. The molecule has 94 valence electrons. The lowest BCUT2D eigenvalue weighted by molar-refractivity contribution is -0.106. The minimum atomic E-state index is -0.120. The lowest BCUT2D eigenvalue weighted by Gasteiger charge is -2.24. The molecule has 3 nitrogen and oxygen atoms in total. The Balaban J connectivity index is 2.08. The van der Waals surface area contributed by atoms with Gasteiger partial charge in [-0.1, -0.05) is 13.0 Å². The molecule has 0 spiro atoms. The summed E-state index contributed by atoms with van der Waals surface area (Å²) >= 11 is 0. The highest BCUT2D eigenvalue weighted by molar-refractivity contribution is 5.43. The molecule has 17 heavy (non-hydrogen) atoms. The third kappa shape index (κ3) is 3.13. The number of aryl methyl sites for hydroxylation is 1. The van der Waals surface area contributed by atoms with Crippen molar-refractivity contribution in [3.8, 4) is 11.5 Å². The molecule has 1 heterocycles. The molecule has 1 unspecified atom stereocenters. The lowest BCUT2D eigenvalue weighted by Crippen LogP contribution is -2.25. The predicted molar refractivity (Wildman–Crippen MR) is 66.6 cm³/mol. The summed E-state index contributed by atoms with van der Waals surface area (Å²) in [6, 6.07) is 6.06. The second kappa shape index (κ2) is 5.92. The summed E-state index contributed by atoms with van der Waals surface area (Å²) < 4.78 is 16.7. The average Bonchev–Trinajstić information content (AvgIpc) is 2.40. The zero-order valence-electron chi connectivity index (χ0n) is 10.6. The van der Waals surface area contributed by atoms with Gasteiger partial charge in [0.05, 0.1) is 13.7 Å². The third-order valence-corrected chi connectivity index (χ3v) is 3.03. The largest absolute Gasteiger partial charge is 0.493 e. The maximum Gasteiger partial charge on any atom is 0.200 e. The van der Waals surface area contributed by atoms with E-state index in [0.717, 1.165) is 37.4 Å². The van der Waals surface area contributed by atoms with Crippen molar-refractivity contribution in [2.75, 3.05) is 13.7 Å². The molecule has 1 aromatic carbocycles. The predicted octanol–water partition coefficient (Wildman–Crippen LogP) is 3.16. The summed E-state index contributed by atoms with van der Waals surface area (Å²) in [4.78, 5) is 0. The summed E-state index contributed by atoms with van der Waals surface area (Å²) in [6.07, 6.45) is 4.13. The molecule has 0 radical (unpaired) electrons. The highest BCUT2D eigenvalue weighted by Gasteiger charge is 2.17. The Hall–Kier alpha value is -1.22. The SMILES string of the molecule is CCc1ccc(OC2CCCCO2)c(OC)c1. The van der Waals surface area contributed by atoms with Crippen LogP contribution in [0, 0.1) is 0 Å². The van der Waals surface area contributed by atoms with E-state index in [0.29, 0.717) is 0 Å². The molecule has 1 atom stereocenters. The molecule has 1 aromatic rings. The fraction of sp³-hybridized carbons (Fsp3) is 0.571. The molecule has 1 fully saturated rings. The van der Waals surface area contributed by atoms with Crippen LogP contribution in [0.1, 0.15) is 31.7 Å². The first-order valence-corrected chi connectivity index (χ1v) is 6.28. The minimum Gasteiger partial charge on any atom is -0.493 e. The maximum atomic E-state index is 5.83. The number of ether oxygens (including phenoxy) is 3. The summed E-state index contributed by atoms with van der Waals surface area (Å²) in [5.41, 5.74) is 1.25. The number of rotatable bonds is 4. The first-order chi connectivity index (χ1) is 8.33. The number of hydrogen-bond acceptors (Lipinski definition) is 3. The Labute approximate surface area is 103 Å². The Morgan fingerprint density at radius 2 is 2.18 bits per heavy atom. The molecule has 0 amide bonds. The lowest BCUT2D eigenvalue weighted by atomic mass is 10.1. The molecule has 1 aliphatic rings. The standard InChI is InChI=1S/C14H20O3/c1-3-11-7-8-12(13(10-11)15-2)17-14-6-4-5-9-16-14/h7-8,10,14H,3-6,9H2,1-2H3. The van der Waals surface area contributed by atoms with Crippen molar-refractivity contribution in [1.29, 1.82) is 0 Å². The van der Waals surface area contributed by atoms with Gasteiger partial charge in [0.2, 0.25) is 0 Å². The van der Waals surface area contributed by atoms with Gasteiger partial charge in [0, 0.05) is 6.42 Å². The molecular formula is C14H20O3. The van der Waals surface area contributed by atoms with Crippen LogP contribution in [0.5, 0.6) is 11.5 Å². The molecular weight excluding hydrogens is 216 g/mol. The smallest absolute Gasteiger partial charge is 0.200 e. The van der Waals surface area contributed by atoms with Gasteiger partial charge in [-0.3, -0.25) is 0 Å². The average molecular weight is 236 g/mol. The van der Waals surface area contributed by atoms with E-state index in [1.54, 1.807) is 7.11 Å². The Morgan fingerprint density at radius 3 is 2.82 bits per heavy atom. The van der Waals surface area contributed by atoms with Crippen LogP contribution in [-0.4, -0.2) is 20.0 Å². The van der Waals surface area contributed by atoms with Gasteiger partial charge in [-0.15, -0.1) is 0 Å². The van der Waals surface area contributed by atoms with E-state index < -0.39 is 0 Å². The maximum absolute atomic E-state index is 5.83. The van der Waals surface area contributed by atoms with E-state index >= 15 is 0 Å². The van der Waals surface area contributed by atoms with Crippen molar-refractivity contribution in [1.82, 2.24) is 0 Å². The van der Waals surface area contributed by atoms with Crippen LogP contribution in [0.2, 0.25) is 0 Å². The van der Waals surface area contributed by atoms with E-state index in [9.17, 15) is 0 Å². The van der Waals surface area contributed by atoms with Gasteiger partial charge in [0.15, 0.2) is 17.8 Å². The highest BCUT2D eigenvalue weighted by Crippen LogP contribution is 2.30. The van der Waals surface area contributed by atoms with Crippen molar-refractivity contribution >= 4 is 0 Å². The van der Waals surface area contributed by atoms with Crippen LogP contribution in [0.3, 0.4) is 0 Å². The fourth-order valence-corrected chi connectivity index (χ4v) is 1.98. The van der Waals surface area contributed by atoms with Crippen LogP contribution in [0.15, 0.2) is 18.2 Å². The zero-order valence-corrected chi connectivity index (χ0v) is 10.6. The van der Waals surface area contributed by atoms with Gasteiger partial charge in [-0.2, -0.15) is 0 Å². The molecule has 1 aliphatic heterocycles. The summed E-state index contributed by atoms with van der Waals surface area (Å²) in [6.45, 7) is 2.92. The van der Waals surface area contributed by atoms with Crippen molar-refractivity contribution in [3.05, 3.63) is 23.8 Å². The van der Waals surface area contributed by atoms with E-state index in [2.05, 4.69) is 13.0 Å². The van der Waals surface area contributed by atoms with Gasteiger partial charge in [-0.05, 0) is 37.0 Å². The molecule has 1 saturated heterocycles. The molecule has 0 bridgehead atoms. The van der Waals surface area contributed by atoms with E-state index in [4.69, 9.17) is 14.2 Å². The van der Waals surface area contributed by atoms with Crippen molar-refractivity contribution in [2.45, 2.75) is 38.9 Å². The van der Waals surface area contributed by atoms with E-state index in [-0.39, 0.29) is 6.29 Å². The first-order valence-electron chi connectivity index (χ1n) is 6.28. The summed E-state index contributed by atoms with van der Waals surface area (Å²) in [5, 5.41) is 0. The normalized spacial score (nSPS) is 20.0. The van der Waals surface area contributed by atoms with Crippen LogP contribution in [-0.2, 0) is 11.2 Å². The second-order valence-electron chi connectivity index (χ2n) is 4.25. The van der Waals surface area contributed by atoms with Crippen molar-refractivity contribution in [2.24, 2.45) is 0 Å². The van der Waals surface area contributed by atoms with Crippen molar-refractivity contribution in [3.63, 3.8) is 0 Å². The highest BCUT2D eigenvalue weighted by atomic mass is 16.7. The Morgan fingerprint density at radius 1 is 1.29 bits per heavy atom. The summed E-state index contributed by atoms with van der Waals surface area (Å²) in [7, 11) is 1.67. The topological polar surface area (TPSA) is 27.7 Å². The van der Waals surface area contributed by atoms with Crippen molar-refractivity contribution < 1.29 is 14.2 Å². The third-order valence-electron chi connectivity index (χ3n) is 3.03. The fourth-order valence-electron chi connectivity index (χ4n) is 1.98. The van der Waals surface area contributed by atoms with Gasteiger partial charge in [-0.25, -0.2) is 0 Å². The molecule has 2 rings (SSSR count). The van der Waals surface area contributed by atoms with Crippen LogP contribution < -0.4 is 9.47 Å². The molecule has 0 N–H and O–H groups in total. The van der Waals surface area contributed by atoms with E-state index in [1.165, 1.54) is 12.0 Å². The quantitative estimate of drug-likeness (QED) is 0.803.